The first-order valence-corrected chi connectivity index (χ1v) is 5.07. The van der Waals surface area contributed by atoms with Crippen molar-refractivity contribution in [3.63, 3.8) is 0 Å². The summed E-state index contributed by atoms with van der Waals surface area (Å²) in [4.78, 5) is 22.2. The third-order valence-corrected chi connectivity index (χ3v) is 2.75. The van der Waals surface area contributed by atoms with Crippen molar-refractivity contribution in [3.8, 4) is 0 Å². The fourth-order valence-corrected chi connectivity index (χ4v) is 1.85. The standard InChI is InChI=1S/C10H16NO3.W/c12-8-11-6-4-9(5-7-11)2-1-3-10(13)14;/h9H,1-7H2,(H,13,14);/q-1;. The molecule has 5 heteroatoms. The van der Waals surface area contributed by atoms with Crippen molar-refractivity contribution in [3.05, 3.63) is 0 Å². The predicted octanol–water partition coefficient (Wildman–Crippen LogP) is 1.02. The van der Waals surface area contributed by atoms with Gasteiger partial charge in [0, 0.05) is 27.5 Å². The first-order valence-electron chi connectivity index (χ1n) is 5.07. The topological polar surface area (TPSA) is 57.6 Å². The van der Waals surface area contributed by atoms with E-state index in [1.165, 1.54) is 0 Å². The first-order chi connectivity index (χ1) is 6.72. The molecule has 0 radical (unpaired) electrons. The van der Waals surface area contributed by atoms with Crippen molar-refractivity contribution in [1.29, 1.82) is 0 Å². The maximum Gasteiger partial charge on any atom is 0.303 e. The Morgan fingerprint density at radius 2 is 2.00 bits per heavy atom. The van der Waals surface area contributed by atoms with E-state index in [1.54, 1.807) is 4.90 Å². The zero-order chi connectivity index (χ0) is 10.4. The summed E-state index contributed by atoms with van der Waals surface area (Å²) < 4.78 is 0. The number of aliphatic carboxylic acids is 1. The van der Waals surface area contributed by atoms with Gasteiger partial charge in [0.25, 0.3) is 0 Å². The fourth-order valence-electron chi connectivity index (χ4n) is 1.85. The number of rotatable bonds is 5. The van der Waals surface area contributed by atoms with E-state index in [9.17, 15) is 9.59 Å². The Labute approximate surface area is 104 Å². The molecule has 1 saturated heterocycles. The van der Waals surface area contributed by atoms with E-state index < -0.39 is 5.97 Å². The van der Waals surface area contributed by atoms with Gasteiger partial charge in [0.1, 0.15) is 0 Å². The molecule has 4 nitrogen and oxygen atoms in total. The second kappa shape index (κ2) is 7.86. The maximum absolute atomic E-state index is 10.3. The van der Waals surface area contributed by atoms with Crippen LogP contribution in [0.15, 0.2) is 0 Å². The number of amides is 1. The number of piperidine rings is 1. The molecule has 0 spiro atoms. The monoisotopic (exact) mass is 382 g/mol. The van der Waals surface area contributed by atoms with Gasteiger partial charge in [-0.15, -0.1) is 0 Å². The molecule has 0 atom stereocenters. The van der Waals surface area contributed by atoms with Gasteiger partial charge >= 0.3 is 5.97 Å². The molecule has 0 aliphatic carbocycles. The summed E-state index contributed by atoms with van der Waals surface area (Å²) in [6.07, 6.45) is 5.87. The molecule has 0 aromatic rings. The SMILES string of the molecule is O=[C-]N1CCC(CCCC(=O)O)CC1.[W]. The van der Waals surface area contributed by atoms with E-state index in [0.717, 1.165) is 38.8 Å². The molecule has 0 saturated carbocycles. The summed E-state index contributed by atoms with van der Waals surface area (Å²) in [7, 11) is 0. The average molecular weight is 382 g/mol. The van der Waals surface area contributed by atoms with Crippen LogP contribution in [0.5, 0.6) is 0 Å². The normalized spacial score (nSPS) is 16.9. The maximum atomic E-state index is 10.3. The van der Waals surface area contributed by atoms with Gasteiger partial charge in [0.15, 0.2) is 0 Å². The van der Waals surface area contributed by atoms with Gasteiger partial charge < -0.3 is 14.8 Å². The molecule has 0 bridgehead atoms. The number of carbonyl (C=O) groups excluding carboxylic acids is 1. The Bertz CT molecular complexity index is 203. The second-order valence-corrected chi connectivity index (χ2v) is 3.81. The van der Waals surface area contributed by atoms with E-state index in [0.29, 0.717) is 5.92 Å². The molecule has 15 heavy (non-hydrogen) atoms. The summed E-state index contributed by atoms with van der Waals surface area (Å²) in [5.41, 5.74) is 0. The number of carboxylic acids is 1. The van der Waals surface area contributed by atoms with E-state index in [4.69, 9.17) is 5.11 Å². The van der Waals surface area contributed by atoms with Gasteiger partial charge in [-0.25, -0.2) is 0 Å². The van der Waals surface area contributed by atoms with Gasteiger partial charge in [-0.2, -0.15) is 6.41 Å². The van der Waals surface area contributed by atoms with Crippen LogP contribution < -0.4 is 0 Å². The van der Waals surface area contributed by atoms with Gasteiger partial charge in [0.2, 0.25) is 0 Å². The quantitative estimate of drug-likeness (QED) is 0.723. The van der Waals surface area contributed by atoms with Crippen molar-refractivity contribution in [2.24, 2.45) is 5.92 Å². The molecule has 86 valence electrons. The minimum Gasteiger partial charge on any atom is -0.520 e. The van der Waals surface area contributed by atoms with E-state index in [1.807, 2.05) is 6.41 Å². The number of hydrogen-bond donors (Lipinski definition) is 1. The molecule has 1 aliphatic heterocycles. The molecule has 0 aromatic heterocycles. The minimum atomic E-state index is -0.719. The van der Waals surface area contributed by atoms with Crippen LogP contribution in [0, 0.1) is 5.92 Å². The number of likely N-dealkylation sites (tertiary alicyclic amines) is 1. The van der Waals surface area contributed by atoms with Gasteiger partial charge in [-0.05, 0) is 44.7 Å². The van der Waals surface area contributed by atoms with Crippen molar-refractivity contribution < 1.29 is 35.8 Å². The van der Waals surface area contributed by atoms with E-state index in [2.05, 4.69) is 0 Å². The van der Waals surface area contributed by atoms with Crippen molar-refractivity contribution in [2.75, 3.05) is 13.1 Å². The van der Waals surface area contributed by atoms with Crippen LogP contribution in [0.3, 0.4) is 0 Å². The Morgan fingerprint density at radius 3 is 2.47 bits per heavy atom. The zero-order valence-electron chi connectivity index (χ0n) is 8.65. The predicted molar refractivity (Wildman–Crippen MR) is 51.5 cm³/mol. The summed E-state index contributed by atoms with van der Waals surface area (Å²) in [5.74, 6) is -0.123. The van der Waals surface area contributed by atoms with E-state index in [-0.39, 0.29) is 27.5 Å². The number of carbonyl (C=O) groups is 1. The third kappa shape index (κ3) is 5.93. The minimum absolute atomic E-state index is 0. The van der Waals surface area contributed by atoms with E-state index >= 15 is 0 Å². The molecule has 1 N–H and O–H groups in total. The molecule has 1 aliphatic rings. The summed E-state index contributed by atoms with van der Waals surface area (Å²) >= 11 is 0. The Balaban J connectivity index is 0.00000196. The van der Waals surface area contributed by atoms with Crippen LogP contribution in [0.2, 0.25) is 0 Å². The fraction of sp³-hybridized carbons (Fsp3) is 0.800. The molecule has 0 unspecified atom stereocenters. The van der Waals surface area contributed by atoms with Gasteiger partial charge in [0.05, 0.1) is 0 Å². The Morgan fingerprint density at radius 1 is 1.40 bits per heavy atom. The van der Waals surface area contributed by atoms with Crippen LogP contribution in [-0.4, -0.2) is 35.5 Å². The molecule has 1 rings (SSSR count). The summed E-state index contributed by atoms with van der Waals surface area (Å²) in [6.45, 7) is 1.56. The van der Waals surface area contributed by atoms with Gasteiger partial charge in [-0.3, -0.25) is 4.79 Å². The summed E-state index contributed by atoms with van der Waals surface area (Å²) in [5, 5.41) is 8.46. The molecular formula is C10H16NO3W-. The Hall–Kier alpha value is -0.372. The van der Waals surface area contributed by atoms with Crippen LogP contribution in [-0.2, 0) is 30.7 Å². The van der Waals surface area contributed by atoms with Crippen LogP contribution in [0.4, 0.5) is 0 Å². The molecular weight excluding hydrogens is 366 g/mol. The zero-order valence-corrected chi connectivity index (χ0v) is 11.6. The van der Waals surface area contributed by atoms with Crippen LogP contribution >= 0.6 is 0 Å². The largest absolute Gasteiger partial charge is 0.520 e. The number of hydrogen-bond acceptors (Lipinski definition) is 2. The van der Waals surface area contributed by atoms with Gasteiger partial charge in [-0.1, -0.05) is 0 Å². The van der Waals surface area contributed by atoms with Crippen molar-refractivity contribution in [1.82, 2.24) is 4.90 Å². The number of carboxylic acid groups (broad SMARTS) is 1. The second-order valence-electron chi connectivity index (χ2n) is 3.81. The molecule has 1 amide bonds. The first kappa shape index (κ1) is 14.6. The molecule has 1 heterocycles. The average Bonchev–Trinajstić information content (AvgIpc) is 2.18. The van der Waals surface area contributed by atoms with Crippen molar-refractivity contribution in [2.45, 2.75) is 32.1 Å². The Kier molecular flexibility index (Phi) is 7.67. The molecule has 1 fully saturated rings. The summed E-state index contributed by atoms with van der Waals surface area (Å²) in [6, 6.07) is 0. The van der Waals surface area contributed by atoms with Crippen LogP contribution in [0.1, 0.15) is 32.1 Å². The number of nitrogens with zero attached hydrogens (tertiary/aromatic N) is 1. The van der Waals surface area contributed by atoms with Crippen LogP contribution in [0.25, 0.3) is 0 Å². The smallest absolute Gasteiger partial charge is 0.303 e. The van der Waals surface area contributed by atoms with Crippen molar-refractivity contribution >= 4 is 12.4 Å². The third-order valence-electron chi connectivity index (χ3n) is 2.75. The molecule has 0 aromatic carbocycles.